The fourth-order valence-electron chi connectivity index (χ4n) is 3.07. The second kappa shape index (κ2) is 8.60. The van der Waals surface area contributed by atoms with Crippen LogP contribution >= 0.6 is 0 Å². The van der Waals surface area contributed by atoms with Gasteiger partial charge < -0.3 is 19.7 Å². The molecule has 0 spiro atoms. The summed E-state index contributed by atoms with van der Waals surface area (Å²) in [6, 6.07) is 15.3. The van der Waals surface area contributed by atoms with E-state index in [1.807, 2.05) is 55.3 Å². The number of fused-ring (bicyclic) bond motifs is 1. The minimum atomic E-state index is -0.941. The summed E-state index contributed by atoms with van der Waals surface area (Å²) >= 11 is 0. The van der Waals surface area contributed by atoms with Crippen LogP contribution in [0.2, 0.25) is 0 Å². The molecule has 150 valence electrons. The van der Waals surface area contributed by atoms with Gasteiger partial charge in [-0.2, -0.15) is 0 Å². The van der Waals surface area contributed by atoms with Crippen molar-refractivity contribution in [2.24, 2.45) is 0 Å². The molecular formula is C22H23N3O4. The second-order valence-electron chi connectivity index (χ2n) is 6.42. The number of carbonyl (C=O) groups excluding carboxylic acids is 2. The first-order valence-electron chi connectivity index (χ1n) is 9.20. The van der Waals surface area contributed by atoms with Gasteiger partial charge in [0, 0.05) is 23.8 Å². The number of nitrogens with zero attached hydrogens (tertiary/aromatic N) is 2. The molecule has 0 aliphatic rings. The fourth-order valence-corrected chi connectivity index (χ4v) is 3.07. The highest BCUT2D eigenvalue weighted by molar-refractivity contribution is 6.37. The van der Waals surface area contributed by atoms with E-state index >= 15 is 0 Å². The number of hydrogen-bond acceptors (Lipinski definition) is 6. The third-order valence-corrected chi connectivity index (χ3v) is 4.46. The molecule has 0 aliphatic carbocycles. The maximum Gasteiger partial charge on any atom is 0.397 e. The molecule has 0 saturated carbocycles. The largest absolute Gasteiger partial charge is 0.495 e. The fraction of sp³-hybridized carbons (Fsp3) is 0.227. The Morgan fingerprint density at radius 2 is 1.90 bits per heavy atom. The van der Waals surface area contributed by atoms with Crippen molar-refractivity contribution in [3.8, 4) is 5.75 Å². The molecule has 0 bridgehead atoms. The van der Waals surface area contributed by atoms with Crippen LogP contribution in [0.4, 0.5) is 17.1 Å². The predicted molar refractivity (Wildman–Crippen MR) is 113 cm³/mol. The third kappa shape index (κ3) is 4.29. The van der Waals surface area contributed by atoms with Gasteiger partial charge in [0.05, 0.1) is 30.6 Å². The molecule has 1 N–H and O–H groups in total. The standard InChI is InChI=1S/C22H23N3O4/c1-5-29-22(27)21(26)24-18-13-15(10-11-20(18)28-4)25(3)19-12-14(2)23-17-9-7-6-8-16(17)19/h6-13H,5H2,1-4H3,(H,24,26). The lowest BCUT2D eigenvalue weighted by Gasteiger charge is -2.23. The molecule has 7 heteroatoms. The minimum Gasteiger partial charge on any atom is -0.495 e. The van der Waals surface area contributed by atoms with Crippen molar-refractivity contribution in [3.63, 3.8) is 0 Å². The lowest BCUT2D eigenvalue weighted by Crippen LogP contribution is -2.25. The smallest absolute Gasteiger partial charge is 0.397 e. The highest BCUT2D eigenvalue weighted by atomic mass is 16.5. The lowest BCUT2D eigenvalue weighted by atomic mass is 10.1. The Morgan fingerprint density at radius 3 is 2.62 bits per heavy atom. The van der Waals surface area contributed by atoms with Crippen LogP contribution in [0.15, 0.2) is 48.5 Å². The molecule has 2 aromatic carbocycles. The van der Waals surface area contributed by atoms with E-state index in [9.17, 15) is 9.59 Å². The van der Waals surface area contributed by atoms with Crippen LogP contribution in [-0.2, 0) is 14.3 Å². The van der Waals surface area contributed by atoms with Crippen molar-refractivity contribution in [3.05, 3.63) is 54.2 Å². The Hall–Kier alpha value is -3.61. The van der Waals surface area contributed by atoms with E-state index in [4.69, 9.17) is 9.47 Å². The zero-order valence-corrected chi connectivity index (χ0v) is 16.9. The number of benzene rings is 2. The average Bonchev–Trinajstić information content (AvgIpc) is 2.72. The van der Waals surface area contributed by atoms with Gasteiger partial charge >= 0.3 is 11.9 Å². The number of amides is 1. The number of aromatic nitrogens is 1. The monoisotopic (exact) mass is 393 g/mol. The normalized spacial score (nSPS) is 10.5. The van der Waals surface area contributed by atoms with Gasteiger partial charge in [0.1, 0.15) is 5.75 Å². The molecule has 29 heavy (non-hydrogen) atoms. The molecule has 7 nitrogen and oxygen atoms in total. The van der Waals surface area contributed by atoms with Gasteiger partial charge in [-0.3, -0.25) is 9.78 Å². The summed E-state index contributed by atoms with van der Waals surface area (Å²) in [6.07, 6.45) is 0. The van der Waals surface area contributed by atoms with Crippen molar-refractivity contribution < 1.29 is 19.1 Å². The van der Waals surface area contributed by atoms with Crippen LogP contribution in [0, 0.1) is 6.92 Å². The van der Waals surface area contributed by atoms with Crippen LogP contribution in [0.3, 0.4) is 0 Å². The lowest BCUT2D eigenvalue weighted by molar-refractivity contribution is -0.152. The number of pyridine rings is 1. The van der Waals surface area contributed by atoms with Crippen LogP contribution in [0.5, 0.6) is 5.75 Å². The van der Waals surface area contributed by atoms with Crippen molar-refractivity contribution in [1.82, 2.24) is 4.98 Å². The number of nitrogens with one attached hydrogen (secondary N) is 1. The van der Waals surface area contributed by atoms with E-state index in [2.05, 4.69) is 10.3 Å². The van der Waals surface area contributed by atoms with Crippen LogP contribution in [0.25, 0.3) is 10.9 Å². The molecule has 1 amide bonds. The van der Waals surface area contributed by atoms with Gasteiger partial charge in [-0.05, 0) is 44.2 Å². The summed E-state index contributed by atoms with van der Waals surface area (Å²) < 4.78 is 10.1. The number of anilines is 3. The Bertz CT molecular complexity index is 1070. The van der Waals surface area contributed by atoms with E-state index < -0.39 is 11.9 Å². The predicted octanol–water partition coefficient (Wildman–Crippen LogP) is 3.82. The molecule has 0 atom stereocenters. The van der Waals surface area contributed by atoms with Crippen LogP contribution in [-0.4, -0.2) is 37.6 Å². The molecule has 3 rings (SSSR count). The first-order valence-corrected chi connectivity index (χ1v) is 9.20. The van der Waals surface area contributed by atoms with Gasteiger partial charge in [-0.1, -0.05) is 18.2 Å². The summed E-state index contributed by atoms with van der Waals surface area (Å²) in [7, 11) is 3.43. The molecule has 0 fully saturated rings. The summed E-state index contributed by atoms with van der Waals surface area (Å²) in [4.78, 5) is 30.3. The van der Waals surface area contributed by atoms with E-state index in [1.54, 1.807) is 19.1 Å². The van der Waals surface area contributed by atoms with Crippen LogP contribution < -0.4 is 15.0 Å². The summed E-state index contributed by atoms with van der Waals surface area (Å²) in [6.45, 7) is 3.71. The molecular weight excluding hydrogens is 370 g/mol. The number of esters is 1. The van der Waals surface area contributed by atoms with E-state index in [-0.39, 0.29) is 6.61 Å². The van der Waals surface area contributed by atoms with Crippen LogP contribution in [0.1, 0.15) is 12.6 Å². The zero-order valence-electron chi connectivity index (χ0n) is 16.9. The molecule has 0 radical (unpaired) electrons. The molecule has 0 aliphatic heterocycles. The first-order chi connectivity index (χ1) is 13.9. The number of para-hydroxylation sites is 1. The minimum absolute atomic E-state index is 0.126. The summed E-state index contributed by atoms with van der Waals surface area (Å²) in [5, 5.41) is 3.57. The molecule has 3 aromatic rings. The highest BCUT2D eigenvalue weighted by Crippen LogP contribution is 2.35. The number of rotatable bonds is 5. The van der Waals surface area contributed by atoms with Gasteiger partial charge in [0.15, 0.2) is 0 Å². The quantitative estimate of drug-likeness (QED) is 0.524. The zero-order chi connectivity index (χ0) is 21.0. The number of methoxy groups -OCH3 is 1. The Labute approximate surface area is 169 Å². The molecule has 0 unspecified atom stereocenters. The van der Waals surface area contributed by atoms with E-state index in [0.29, 0.717) is 11.4 Å². The number of aryl methyl sites for hydroxylation is 1. The SMILES string of the molecule is CCOC(=O)C(=O)Nc1cc(N(C)c2cc(C)nc3ccccc23)ccc1OC. The van der Waals surface area contributed by atoms with Crippen molar-refractivity contribution in [2.45, 2.75) is 13.8 Å². The molecule has 0 saturated heterocycles. The third-order valence-electron chi connectivity index (χ3n) is 4.46. The number of hydrogen-bond donors (Lipinski definition) is 1. The van der Waals surface area contributed by atoms with Crippen molar-refractivity contribution >= 4 is 39.8 Å². The molecule has 1 heterocycles. The first kappa shape index (κ1) is 20.1. The molecule has 1 aromatic heterocycles. The Kier molecular flexibility index (Phi) is 5.97. The van der Waals surface area contributed by atoms with Gasteiger partial charge in [-0.25, -0.2) is 4.79 Å². The maximum atomic E-state index is 12.1. The van der Waals surface area contributed by atoms with E-state index in [0.717, 1.165) is 28.0 Å². The van der Waals surface area contributed by atoms with Crippen molar-refractivity contribution in [1.29, 1.82) is 0 Å². The number of carbonyl (C=O) groups is 2. The average molecular weight is 393 g/mol. The number of ether oxygens (including phenoxy) is 2. The maximum absolute atomic E-state index is 12.1. The second-order valence-corrected chi connectivity index (χ2v) is 6.42. The topological polar surface area (TPSA) is 80.8 Å². The summed E-state index contributed by atoms with van der Waals surface area (Å²) in [5.74, 6) is -1.35. The van der Waals surface area contributed by atoms with Gasteiger partial charge in [0.2, 0.25) is 0 Å². The van der Waals surface area contributed by atoms with Gasteiger partial charge in [0.25, 0.3) is 0 Å². The summed E-state index contributed by atoms with van der Waals surface area (Å²) in [5.41, 5.74) is 3.96. The Morgan fingerprint density at radius 1 is 1.14 bits per heavy atom. The highest BCUT2D eigenvalue weighted by Gasteiger charge is 2.18. The van der Waals surface area contributed by atoms with Gasteiger partial charge in [-0.15, -0.1) is 0 Å². The Balaban J connectivity index is 1.99. The van der Waals surface area contributed by atoms with E-state index in [1.165, 1.54) is 7.11 Å². The van der Waals surface area contributed by atoms with Crippen molar-refractivity contribution in [2.75, 3.05) is 31.0 Å².